The van der Waals surface area contributed by atoms with E-state index in [1.807, 2.05) is 5.32 Å². The molecule has 0 aliphatic carbocycles. The van der Waals surface area contributed by atoms with Crippen molar-refractivity contribution in [1.82, 2.24) is 20.6 Å². The van der Waals surface area contributed by atoms with Gasteiger partial charge in [-0.2, -0.15) is 0 Å². The topological polar surface area (TPSA) is 116 Å². The van der Waals surface area contributed by atoms with Gasteiger partial charge in [0.05, 0.1) is 11.6 Å². The summed E-state index contributed by atoms with van der Waals surface area (Å²) < 4.78 is 41.9. The van der Waals surface area contributed by atoms with Crippen LogP contribution in [0.1, 0.15) is 22.0 Å². The number of ether oxygens (including phenoxy) is 1. The molecule has 0 aliphatic rings. The summed E-state index contributed by atoms with van der Waals surface area (Å²) in [6, 6.07) is 9.37. The van der Waals surface area contributed by atoms with Gasteiger partial charge in [-0.1, -0.05) is 31.9 Å². The van der Waals surface area contributed by atoms with Crippen LogP contribution in [0.4, 0.5) is 18.0 Å². The van der Waals surface area contributed by atoms with E-state index in [2.05, 4.69) is 51.9 Å². The van der Waals surface area contributed by atoms with Gasteiger partial charge < -0.3 is 25.3 Å². The molecule has 2 aromatic carbocycles. The van der Waals surface area contributed by atoms with Crippen molar-refractivity contribution in [3.05, 3.63) is 68.9 Å². The van der Waals surface area contributed by atoms with Gasteiger partial charge in [-0.15, -0.1) is 13.2 Å². The fourth-order valence-electron chi connectivity index (χ4n) is 3.59. The second-order valence-corrected chi connectivity index (χ2v) is 9.23. The molecule has 1 atom stereocenters. The van der Waals surface area contributed by atoms with E-state index in [0.29, 0.717) is 36.3 Å². The first-order valence-corrected chi connectivity index (χ1v) is 11.5. The van der Waals surface area contributed by atoms with Crippen LogP contribution in [0, 0.1) is 0 Å². The molecule has 182 valence electrons. The molecule has 2 amide bonds. The lowest BCUT2D eigenvalue weighted by Crippen LogP contribution is -2.41. The molecule has 4 N–H and O–H groups in total. The molecule has 13 heteroatoms. The molecule has 8 nitrogen and oxygen atoms in total. The molecule has 0 saturated heterocycles. The van der Waals surface area contributed by atoms with Crippen molar-refractivity contribution in [2.45, 2.75) is 12.4 Å². The van der Waals surface area contributed by atoms with E-state index in [1.54, 1.807) is 36.4 Å². The van der Waals surface area contributed by atoms with Crippen LogP contribution in [0.2, 0.25) is 0 Å². The Balaban J connectivity index is 1.61. The first-order chi connectivity index (χ1) is 16.5. The van der Waals surface area contributed by atoms with Gasteiger partial charge in [0.15, 0.2) is 0 Å². The molecule has 35 heavy (non-hydrogen) atoms. The molecular weight excluding hydrogens is 601 g/mol. The van der Waals surface area contributed by atoms with Gasteiger partial charge >= 0.3 is 12.5 Å². The summed E-state index contributed by atoms with van der Waals surface area (Å²) in [4.78, 5) is 43.4. The van der Waals surface area contributed by atoms with Crippen molar-refractivity contribution in [3.63, 3.8) is 0 Å². The van der Waals surface area contributed by atoms with Crippen LogP contribution in [-0.4, -0.2) is 40.7 Å². The number of rotatable bonds is 6. The number of nitrogens with one attached hydrogen (secondary N) is 4. The molecule has 2 heterocycles. The molecule has 1 unspecified atom stereocenters. The number of H-pyrrole nitrogens is 2. The third-order valence-electron chi connectivity index (χ3n) is 5.11. The highest BCUT2D eigenvalue weighted by Gasteiger charge is 2.34. The maximum atomic E-state index is 13.0. The summed E-state index contributed by atoms with van der Waals surface area (Å²) >= 11 is 6.67. The summed E-state index contributed by atoms with van der Waals surface area (Å²) in [7, 11) is 0. The van der Waals surface area contributed by atoms with E-state index < -0.39 is 36.7 Å². The van der Waals surface area contributed by atoms with Gasteiger partial charge in [-0.25, -0.2) is 4.79 Å². The number of Topliss-reactive ketones (excluding diaryl/α,β-unsaturated/α-hetero) is 1. The molecule has 2 aromatic heterocycles. The number of alkyl carbamates (subject to hydrolysis) is 1. The van der Waals surface area contributed by atoms with E-state index in [0.717, 1.165) is 0 Å². The first-order valence-electron chi connectivity index (χ1n) is 9.94. The number of fused-ring (bicyclic) bond motifs is 2. The third kappa shape index (κ3) is 5.68. The average Bonchev–Trinajstić information content (AvgIpc) is 3.38. The summed E-state index contributed by atoms with van der Waals surface area (Å²) in [5.74, 6) is -1.87. The lowest BCUT2D eigenvalue weighted by molar-refractivity contribution is -0.291. The Morgan fingerprint density at radius 3 is 2.20 bits per heavy atom. The van der Waals surface area contributed by atoms with Crippen molar-refractivity contribution in [3.8, 4) is 0 Å². The van der Waals surface area contributed by atoms with Crippen LogP contribution >= 0.6 is 31.9 Å². The molecule has 4 aromatic rings. The third-order valence-corrected chi connectivity index (χ3v) is 6.10. The van der Waals surface area contributed by atoms with E-state index >= 15 is 0 Å². The van der Waals surface area contributed by atoms with Gasteiger partial charge in [0.1, 0.15) is 0 Å². The lowest BCUT2D eigenvalue weighted by Gasteiger charge is -2.19. The zero-order chi connectivity index (χ0) is 25.3. The highest BCUT2D eigenvalue weighted by atomic mass is 79.9. The predicted molar refractivity (Wildman–Crippen MR) is 128 cm³/mol. The zero-order valence-corrected chi connectivity index (χ0v) is 20.6. The van der Waals surface area contributed by atoms with Crippen molar-refractivity contribution in [2.24, 2.45) is 0 Å². The van der Waals surface area contributed by atoms with Crippen molar-refractivity contribution in [2.75, 3.05) is 6.54 Å². The number of aromatic amines is 2. The smallest absolute Gasteiger partial charge is 0.361 e. The Bertz CT molecular complexity index is 1450. The standard InChI is InChI=1S/C22H15Br2F3N4O4/c23-10-1-3-16-12(5-10)14(7-28-16)18(9-30-21(34)35-22(25,26)27)31-20(33)19(32)15-8-29-17-4-2-11(24)6-13(15)17/h1-8,18,28-29H,9H2,(H,30,34)(H,31,33). The monoisotopic (exact) mass is 614 g/mol. The molecule has 0 aliphatic heterocycles. The van der Waals surface area contributed by atoms with Crippen LogP contribution < -0.4 is 10.6 Å². The quantitative estimate of drug-likeness (QED) is 0.170. The number of benzene rings is 2. The number of alkyl halides is 3. The van der Waals surface area contributed by atoms with E-state index in [9.17, 15) is 27.6 Å². The second kappa shape index (κ2) is 9.74. The van der Waals surface area contributed by atoms with Gasteiger partial charge in [-0.05, 0) is 36.4 Å². The van der Waals surface area contributed by atoms with E-state index in [1.165, 1.54) is 12.4 Å². The summed E-state index contributed by atoms with van der Waals surface area (Å²) in [5.41, 5.74) is 1.87. The van der Waals surface area contributed by atoms with Gasteiger partial charge in [0.2, 0.25) is 0 Å². The lowest BCUT2D eigenvalue weighted by atomic mass is 10.0. The largest absolute Gasteiger partial charge is 0.576 e. The Hall–Kier alpha value is -3.32. The Kier molecular flexibility index (Phi) is 6.90. The SMILES string of the molecule is O=C(NCC(NC(=O)C(=O)c1c[nH]c2ccc(Br)cc12)c1c[nH]c2ccc(Br)cc12)OC(F)(F)F. The minimum Gasteiger partial charge on any atom is -0.361 e. The number of aromatic nitrogens is 2. The summed E-state index contributed by atoms with van der Waals surface area (Å²) in [5, 5.41) is 5.63. The minimum absolute atomic E-state index is 0.115. The van der Waals surface area contributed by atoms with Crippen LogP contribution in [0.15, 0.2) is 57.7 Å². The van der Waals surface area contributed by atoms with E-state index in [4.69, 9.17) is 0 Å². The highest BCUT2D eigenvalue weighted by molar-refractivity contribution is 9.10. The fourth-order valence-corrected chi connectivity index (χ4v) is 4.32. The number of amides is 2. The fraction of sp³-hybridized carbons (Fsp3) is 0.136. The normalized spacial score (nSPS) is 12.5. The zero-order valence-electron chi connectivity index (χ0n) is 17.4. The summed E-state index contributed by atoms with van der Waals surface area (Å²) in [6.07, 6.45) is -3.98. The van der Waals surface area contributed by atoms with Crippen LogP contribution in [-0.2, 0) is 9.53 Å². The molecule has 0 bridgehead atoms. The average molecular weight is 616 g/mol. The highest BCUT2D eigenvalue weighted by Crippen LogP contribution is 2.28. The first kappa shape index (κ1) is 24.8. The maximum absolute atomic E-state index is 13.0. The number of halogens is 5. The van der Waals surface area contributed by atoms with Crippen molar-refractivity contribution < 1.29 is 32.3 Å². The maximum Gasteiger partial charge on any atom is 0.576 e. The van der Waals surface area contributed by atoms with Crippen molar-refractivity contribution >= 4 is 71.4 Å². The van der Waals surface area contributed by atoms with Gasteiger partial charge in [-0.3, -0.25) is 9.59 Å². The molecule has 0 fully saturated rings. The number of carbonyl (C=O) groups excluding carboxylic acids is 3. The molecule has 0 radical (unpaired) electrons. The second-order valence-electron chi connectivity index (χ2n) is 7.40. The van der Waals surface area contributed by atoms with Crippen LogP contribution in [0.25, 0.3) is 21.8 Å². The predicted octanol–water partition coefficient (Wildman–Crippen LogP) is 5.46. The Morgan fingerprint density at radius 2 is 1.54 bits per heavy atom. The molecule has 4 rings (SSSR count). The number of hydrogen-bond acceptors (Lipinski definition) is 4. The molecular formula is C22H15Br2F3N4O4. The van der Waals surface area contributed by atoms with Crippen LogP contribution in [0.5, 0.6) is 0 Å². The number of hydrogen-bond donors (Lipinski definition) is 4. The van der Waals surface area contributed by atoms with Crippen molar-refractivity contribution in [1.29, 1.82) is 0 Å². The minimum atomic E-state index is -5.17. The Labute approximate surface area is 211 Å². The van der Waals surface area contributed by atoms with Gasteiger partial charge in [0.25, 0.3) is 11.7 Å². The molecule has 0 saturated carbocycles. The summed E-state index contributed by atoms with van der Waals surface area (Å²) in [6.45, 7) is -0.479. The van der Waals surface area contributed by atoms with E-state index in [-0.39, 0.29) is 5.56 Å². The molecule has 0 spiro atoms. The van der Waals surface area contributed by atoms with Gasteiger partial charge in [0, 0.05) is 55.3 Å². The Morgan fingerprint density at radius 1 is 0.943 bits per heavy atom. The number of carbonyl (C=O) groups is 3. The van der Waals surface area contributed by atoms with Crippen LogP contribution in [0.3, 0.4) is 0 Å². The number of ketones is 1.